The van der Waals surface area contributed by atoms with Gasteiger partial charge in [-0.1, -0.05) is 30.7 Å². The van der Waals surface area contributed by atoms with E-state index in [0.29, 0.717) is 16.5 Å². The molecule has 2 unspecified atom stereocenters. The summed E-state index contributed by atoms with van der Waals surface area (Å²) in [6.07, 6.45) is 1.09. The van der Waals surface area contributed by atoms with E-state index in [9.17, 15) is 4.79 Å². The number of benzene rings is 1. The first-order valence-electron chi connectivity index (χ1n) is 5.94. The summed E-state index contributed by atoms with van der Waals surface area (Å²) < 4.78 is 0. The highest BCUT2D eigenvalue weighted by Crippen LogP contribution is 2.16. The van der Waals surface area contributed by atoms with Crippen LogP contribution in [-0.4, -0.2) is 25.0 Å². The molecule has 0 saturated carbocycles. The third-order valence-electron chi connectivity index (χ3n) is 3.26. The summed E-state index contributed by atoms with van der Waals surface area (Å²) in [4.78, 5) is 12.1. The second-order valence-corrected chi connectivity index (χ2v) is 4.94. The molecule has 1 saturated heterocycles. The van der Waals surface area contributed by atoms with Crippen LogP contribution in [0.15, 0.2) is 24.3 Å². The van der Waals surface area contributed by atoms with E-state index in [2.05, 4.69) is 17.6 Å². The van der Waals surface area contributed by atoms with Crippen molar-refractivity contribution in [2.75, 3.05) is 13.1 Å². The second kappa shape index (κ2) is 5.52. The zero-order valence-electron chi connectivity index (χ0n) is 9.87. The number of carbonyl (C=O) groups excluding carboxylic acids is 1. The molecule has 1 amide bonds. The Hall–Kier alpha value is -1.06. The molecule has 2 atom stereocenters. The number of hydrogen-bond acceptors (Lipinski definition) is 2. The summed E-state index contributed by atoms with van der Waals surface area (Å²) in [5.74, 6) is 0.416. The lowest BCUT2D eigenvalue weighted by atomic mass is 9.94. The van der Waals surface area contributed by atoms with Gasteiger partial charge in [-0.05, 0) is 31.0 Å². The molecule has 3 nitrogen and oxygen atoms in total. The van der Waals surface area contributed by atoms with Crippen LogP contribution >= 0.6 is 11.6 Å². The van der Waals surface area contributed by atoms with Crippen LogP contribution in [-0.2, 0) is 0 Å². The van der Waals surface area contributed by atoms with Gasteiger partial charge in [-0.3, -0.25) is 4.79 Å². The smallest absolute Gasteiger partial charge is 0.253 e. The van der Waals surface area contributed by atoms with Crippen LogP contribution in [0.3, 0.4) is 0 Å². The summed E-state index contributed by atoms with van der Waals surface area (Å²) >= 11 is 6.00. The van der Waals surface area contributed by atoms with E-state index in [4.69, 9.17) is 11.6 Å². The molecule has 4 heteroatoms. The fraction of sp³-hybridized carbons (Fsp3) is 0.462. The van der Waals surface area contributed by atoms with E-state index in [-0.39, 0.29) is 11.9 Å². The molecule has 1 aliphatic rings. The van der Waals surface area contributed by atoms with Crippen molar-refractivity contribution < 1.29 is 4.79 Å². The Morgan fingerprint density at radius 2 is 2.24 bits per heavy atom. The largest absolute Gasteiger partial charge is 0.348 e. The van der Waals surface area contributed by atoms with E-state index in [1.54, 1.807) is 12.1 Å². The van der Waals surface area contributed by atoms with Gasteiger partial charge in [-0.15, -0.1) is 0 Å². The van der Waals surface area contributed by atoms with Gasteiger partial charge in [0.15, 0.2) is 0 Å². The molecule has 17 heavy (non-hydrogen) atoms. The third kappa shape index (κ3) is 2.99. The van der Waals surface area contributed by atoms with Crippen LogP contribution in [0.5, 0.6) is 0 Å². The van der Waals surface area contributed by atoms with Gasteiger partial charge in [0.1, 0.15) is 0 Å². The Bertz CT molecular complexity index is 408. The van der Waals surface area contributed by atoms with Gasteiger partial charge >= 0.3 is 0 Å². The standard InChI is InChI=1S/C13H17ClN2O/c1-9-6-7-15-8-12(9)16-13(17)10-4-2-3-5-11(10)14/h2-5,9,12,15H,6-8H2,1H3,(H,16,17). The van der Waals surface area contributed by atoms with Gasteiger partial charge in [0.05, 0.1) is 10.6 Å². The highest BCUT2D eigenvalue weighted by Gasteiger charge is 2.23. The predicted octanol–water partition coefficient (Wildman–Crippen LogP) is 2.07. The maximum atomic E-state index is 12.1. The third-order valence-corrected chi connectivity index (χ3v) is 3.59. The molecular weight excluding hydrogens is 236 g/mol. The fourth-order valence-corrected chi connectivity index (χ4v) is 2.30. The first kappa shape index (κ1) is 12.4. The van der Waals surface area contributed by atoms with Crippen molar-refractivity contribution in [3.05, 3.63) is 34.9 Å². The highest BCUT2D eigenvalue weighted by atomic mass is 35.5. The van der Waals surface area contributed by atoms with Crippen molar-refractivity contribution in [3.63, 3.8) is 0 Å². The van der Waals surface area contributed by atoms with Crippen LogP contribution < -0.4 is 10.6 Å². The molecule has 2 N–H and O–H groups in total. The van der Waals surface area contributed by atoms with Crippen molar-refractivity contribution in [2.24, 2.45) is 5.92 Å². The predicted molar refractivity (Wildman–Crippen MR) is 69.4 cm³/mol. The maximum absolute atomic E-state index is 12.1. The van der Waals surface area contributed by atoms with Crippen molar-refractivity contribution in [3.8, 4) is 0 Å². The number of nitrogens with one attached hydrogen (secondary N) is 2. The van der Waals surface area contributed by atoms with Crippen molar-refractivity contribution in [2.45, 2.75) is 19.4 Å². The summed E-state index contributed by atoms with van der Waals surface area (Å²) in [5, 5.41) is 6.83. The Labute approximate surface area is 107 Å². The minimum absolute atomic E-state index is 0.0869. The molecule has 0 aromatic heterocycles. The molecule has 92 valence electrons. The van der Waals surface area contributed by atoms with Crippen molar-refractivity contribution >= 4 is 17.5 Å². The molecule has 1 fully saturated rings. The van der Waals surface area contributed by atoms with Gasteiger partial charge in [-0.2, -0.15) is 0 Å². The molecule has 0 aliphatic carbocycles. The lowest BCUT2D eigenvalue weighted by Crippen LogP contribution is -2.50. The maximum Gasteiger partial charge on any atom is 0.253 e. The number of rotatable bonds is 2. The lowest BCUT2D eigenvalue weighted by molar-refractivity contribution is 0.0915. The summed E-state index contributed by atoms with van der Waals surface area (Å²) in [6, 6.07) is 7.32. The minimum Gasteiger partial charge on any atom is -0.348 e. The molecular formula is C13H17ClN2O. The molecule has 0 bridgehead atoms. The van der Waals surface area contributed by atoms with E-state index < -0.39 is 0 Å². The van der Waals surface area contributed by atoms with Crippen LogP contribution in [0.2, 0.25) is 5.02 Å². The van der Waals surface area contributed by atoms with E-state index in [1.807, 2.05) is 12.1 Å². The van der Waals surface area contributed by atoms with Crippen molar-refractivity contribution in [1.82, 2.24) is 10.6 Å². The van der Waals surface area contributed by atoms with Crippen LogP contribution in [0, 0.1) is 5.92 Å². The Balaban J connectivity index is 2.04. The Morgan fingerprint density at radius 1 is 1.47 bits per heavy atom. The number of halogens is 1. The molecule has 1 aromatic carbocycles. The normalized spacial score (nSPS) is 24.4. The molecule has 1 aliphatic heterocycles. The number of hydrogen-bond donors (Lipinski definition) is 2. The number of piperidine rings is 1. The van der Waals surface area contributed by atoms with Gasteiger partial charge in [0, 0.05) is 12.6 Å². The molecule has 0 radical (unpaired) electrons. The van der Waals surface area contributed by atoms with Crippen LogP contribution in [0.25, 0.3) is 0 Å². The first-order chi connectivity index (χ1) is 8.18. The van der Waals surface area contributed by atoms with Gasteiger partial charge in [-0.25, -0.2) is 0 Å². The number of amides is 1. The summed E-state index contributed by atoms with van der Waals surface area (Å²) in [7, 11) is 0. The van der Waals surface area contributed by atoms with E-state index in [1.165, 1.54) is 0 Å². The van der Waals surface area contributed by atoms with Crippen LogP contribution in [0.1, 0.15) is 23.7 Å². The minimum atomic E-state index is -0.0869. The van der Waals surface area contributed by atoms with E-state index in [0.717, 1.165) is 19.5 Å². The fourth-order valence-electron chi connectivity index (χ4n) is 2.07. The Kier molecular flexibility index (Phi) is 4.02. The highest BCUT2D eigenvalue weighted by molar-refractivity contribution is 6.33. The molecule has 1 heterocycles. The monoisotopic (exact) mass is 252 g/mol. The summed E-state index contributed by atoms with van der Waals surface area (Å²) in [5.41, 5.74) is 0.548. The first-order valence-corrected chi connectivity index (χ1v) is 6.32. The topological polar surface area (TPSA) is 41.1 Å². The summed E-state index contributed by atoms with van der Waals surface area (Å²) in [6.45, 7) is 4.02. The zero-order valence-corrected chi connectivity index (χ0v) is 10.6. The van der Waals surface area contributed by atoms with Gasteiger partial charge in [0.25, 0.3) is 5.91 Å². The van der Waals surface area contributed by atoms with E-state index >= 15 is 0 Å². The van der Waals surface area contributed by atoms with Gasteiger partial charge < -0.3 is 10.6 Å². The second-order valence-electron chi connectivity index (χ2n) is 4.53. The van der Waals surface area contributed by atoms with Gasteiger partial charge in [0.2, 0.25) is 0 Å². The molecule has 2 rings (SSSR count). The average Bonchev–Trinajstić information content (AvgIpc) is 2.32. The Morgan fingerprint density at radius 3 is 2.94 bits per heavy atom. The molecule has 0 spiro atoms. The average molecular weight is 253 g/mol. The van der Waals surface area contributed by atoms with Crippen LogP contribution in [0.4, 0.5) is 0 Å². The number of carbonyl (C=O) groups is 1. The zero-order chi connectivity index (χ0) is 12.3. The quantitative estimate of drug-likeness (QED) is 0.846. The lowest BCUT2D eigenvalue weighted by Gasteiger charge is -2.30. The van der Waals surface area contributed by atoms with Crippen molar-refractivity contribution in [1.29, 1.82) is 0 Å². The molecule has 1 aromatic rings. The SMILES string of the molecule is CC1CCNCC1NC(=O)c1ccccc1Cl.